The molecule has 0 radical (unpaired) electrons. The third-order valence-electron chi connectivity index (χ3n) is 4.39. The van der Waals surface area contributed by atoms with Crippen molar-refractivity contribution < 1.29 is 77.7 Å². The second-order valence-corrected chi connectivity index (χ2v) is 8.69. The zero-order chi connectivity index (χ0) is 37.6. The quantitative estimate of drug-likeness (QED) is 0.0430. The minimum atomic E-state index is -1.40. The molecule has 272 valence electrons. The Kier molecular flexibility index (Phi) is 45.8. The van der Waals surface area contributed by atoms with Gasteiger partial charge in [0.25, 0.3) is 0 Å². The fourth-order valence-corrected chi connectivity index (χ4v) is 2.01. The third-order valence-corrected chi connectivity index (χ3v) is 4.39. The number of hydrogen-bond donors (Lipinski definition) is 0. The molecular formula is C32H44O16Sn. The van der Waals surface area contributed by atoms with E-state index in [1.165, 1.54) is 0 Å². The average Bonchev–Trinajstić information content (AvgIpc) is 3.02. The summed E-state index contributed by atoms with van der Waals surface area (Å²) in [5.41, 5.74) is 0. The van der Waals surface area contributed by atoms with E-state index in [1.807, 2.05) is 27.7 Å². The van der Waals surface area contributed by atoms with E-state index in [9.17, 15) is 58.8 Å². The van der Waals surface area contributed by atoms with Crippen LogP contribution in [0.15, 0.2) is 48.6 Å². The number of aliphatic carboxylic acids is 4. The first kappa shape index (κ1) is 54.0. The molecule has 0 heterocycles. The second-order valence-electron chi connectivity index (χ2n) is 8.69. The first-order valence-electron chi connectivity index (χ1n) is 14.9. The molecule has 0 aliphatic carbocycles. The van der Waals surface area contributed by atoms with Gasteiger partial charge >= 0.3 is 47.8 Å². The van der Waals surface area contributed by atoms with Crippen molar-refractivity contribution in [3.63, 3.8) is 0 Å². The standard InChI is InChI=1S/4C8H12O4.Sn/c4*1-2-3-6-12-8(11)5-4-7(9)10;/h4*4-5H,2-3,6H2,1H3,(H,9,10);/q;;;;+4/p-4. The minimum absolute atomic E-state index is 0. The number of hydrogen-bond acceptors (Lipinski definition) is 16. The van der Waals surface area contributed by atoms with Gasteiger partial charge in [0.15, 0.2) is 0 Å². The van der Waals surface area contributed by atoms with E-state index in [-0.39, 0.29) is 23.9 Å². The van der Waals surface area contributed by atoms with E-state index in [0.29, 0.717) is 50.7 Å². The maximum Gasteiger partial charge on any atom is 4.00 e. The molecule has 0 N–H and O–H groups in total. The molecule has 0 unspecified atom stereocenters. The fourth-order valence-electron chi connectivity index (χ4n) is 2.01. The molecule has 0 rings (SSSR count). The number of carbonyl (C=O) groups excluding carboxylic acids is 8. The Balaban J connectivity index is -0.000000174. The molecule has 0 aromatic heterocycles. The van der Waals surface area contributed by atoms with E-state index in [4.69, 9.17) is 0 Å². The number of carbonyl (C=O) groups is 8. The number of esters is 4. The van der Waals surface area contributed by atoms with Gasteiger partial charge in [-0.15, -0.1) is 0 Å². The number of ether oxygens (including phenoxy) is 4. The molecule has 0 aliphatic heterocycles. The van der Waals surface area contributed by atoms with Crippen LogP contribution in [-0.4, -0.2) is 98.1 Å². The number of rotatable bonds is 20. The van der Waals surface area contributed by atoms with Crippen LogP contribution in [0.25, 0.3) is 0 Å². The van der Waals surface area contributed by atoms with Gasteiger partial charge in [-0.3, -0.25) is 0 Å². The van der Waals surface area contributed by atoms with Crippen molar-refractivity contribution in [2.75, 3.05) is 26.4 Å². The molecular weight excluding hydrogens is 759 g/mol. The van der Waals surface area contributed by atoms with Gasteiger partial charge in [0.1, 0.15) is 0 Å². The molecule has 0 amide bonds. The number of carboxylic acid groups (broad SMARTS) is 4. The predicted molar refractivity (Wildman–Crippen MR) is 166 cm³/mol. The van der Waals surface area contributed by atoms with Crippen molar-refractivity contribution in [2.45, 2.75) is 79.1 Å². The van der Waals surface area contributed by atoms with Crippen molar-refractivity contribution in [2.24, 2.45) is 0 Å². The van der Waals surface area contributed by atoms with Gasteiger partial charge in [-0.1, -0.05) is 53.4 Å². The Morgan fingerprint density at radius 2 is 0.531 bits per heavy atom. The summed E-state index contributed by atoms with van der Waals surface area (Å²) in [4.78, 5) is 81.8. The zero-order valence-electron chi connectivity index (χ0n) is 28.1. The van der Waals surface area contributed by atoms with Crippen molar-refractivity contribution in [3.8, 4) is 0 Å². The Labute approximate surface area is 302 Å². The normalized spacial score (nSPS) is 9.88. The molecule has 17 heteroatoms. The number of carboxylic acids is 4. The largest absolute Gasteiger partial charge is 4.00 e. The van der Waals surface area contributed by atoms with Crippen molar-refractivity contribution in [1.82, 2.24) is 0 Å². The molecule has 16 nitrogen and oxygen atoms in total. The molecule has 0 atom stereocenters. The number of unbranched alkanes of at least 4 members (excludes halogenated alkanes) is 4. The monoisotopic (exact) mass is 804 g/mol. The van der Waals surface area contributed by atoms with Gasteiger partial charge in [-0.25, -0.2) is 19.2 Å². The topological polar surface area (TPSA) is 266 Å². The summed E-state index contributed by atoms with van der Waals surface area (Å²) >= 11 is 0. The van der Waals surface area contributed by atoms with Crippen LogP contribution < -0.4 is 20.4 Å². The molecule has 0 saturated carbocycles. The van der Waals surface area contributed by atoms with Gasteiger partial charge < -0.3 is 58.6 Å². The molecule has 49 heavy (non-hydrogen) atoms. The molecule has 0 aliphatic rings. The Morgan fingerprint density at radius 1 is 0.367 bits per heavy atom. The van der Waals surface area contributed by atoms with E-state index in [0.717, 1.165) is 75.7 Å². The van der Waals surface area contributed by atoms with Crippen molar-refractivity contribution >= 4 is 71.7 Å². The minimum Gasteiger partial charge on any atom is -0.545 e. The maximum absolute atomic E-state index is 10.6. The maximum atomic E-state index is 10.6. The summed E-state index contributed by atoms with van der Waals surface area (Å²) in [6.07, 6.45) is 12.8. The molecule has 0 saturated heterocycles. The molecule has 0 aromatic carbocycles. The first-order valence-corrected chi connectivity index (χ1v) is 14.9. The van der Waals surface area contributed by atoms with Gasteiger partial charge in [0.2, 0.25) is 0 Å². The summed E-state index contributed by atoms with van der Waals surface area (Å²) in [6, 6.07) is 0. The van der Waals surface area contributed by atoms with E-state index >= 15 is 0 Å². The van der Waals surface area contributed by atoms with E-state index < -0.39 is 47.8 Å². The molecule has 0 fully saturated rings. The smallest absolute Gasteiger partial charge is 0.545 e. The fraction of sp³-hybridized carbons (Fsp3) is 0.500. The van der Waals surface area contributed by atoms with Crippen molar-refractivity contribution in [3.05, 3.63) is 48.6 Å². The Bertz CT molecular complexity index is 909. The average molecular weight is 803 g/mol. The zero-order valence-corrected chi connectivity index (χ0v) is 31.0. The first-order chi connectivity index (χ1) is 22.7. The third kappa shape index (κ3) is 59.5. The summed E-state index contributed by atoms with van der Waals surface area (Å²) < 4.78 is 18.5. The van der Waals surface area contributed by atoms with Crippen LogP contribution in [0.5, 0.6) is 0 Å². The van der Waals surface area contributed by atoms with Crippen LogP contribution in [0.1, 0.15) is 79.1 Å². The van der Waals surface area contributed by atoms with Crippen molar-refractivity contribution in [1.29, 1.82) is 0 Å². The summed E-state index contributed by atoms with van der Waals surface area (Å²) in [6.45, 7) is 9.16. The molecule has 0 spiro atoms. The van der Waals surface area contributed by atoms with Gasteiger partial charge in [0.05, 0.1) is 50.3 Å². The van der Waals surface area contributed by atoms with Crippen LogP contribution in [0.4, 0.5) is 0 Å². The van der Waals surface area contributed by atoms with Gasteiger partial charge in [-0.2, -0.15) is 0 Å². The molecule has 0 bridgehead atoms. The summed E-state index contributed by atoms with van der Waals surface area (Å²) in [5.74, 6) is -8.18. The Hall–Kier alpha value is -4.48. The van der Waals surface area contributed by atoms with Crippen LogP contribution in [-0.2, 0) is 57.3 Å². The van der Waals surface area contributed by atoms with Crippen LogP contribution in [0.3, 0.4) is 0 Å². The van der Waals surface area contributed by atoms with E-state index in [1.54, 1.807) is 0 Å². The predicted octanol–water partition coefficient (Wildman–Crippen LogP) is -1.84. The Morgan fingerprint density at radius 3 is 0.653 bits per heavy atom. The second kappa shape index (κ2) is 41.5. The summed E-state index contributed by atoms with van der Waals surface area (Å²) in [5, 5.41) is 39.3. The molecule has 0 aromatic rings. The van der Waals surface area contributed by atoms with Gasteiger partial charge in [-0.05, 0) is 50.0 Å². The van der Waals surface area contributed by atoms with E-state index in [2.05, 4.69) is 18.9 Å². The SMILES string of the molecule is CCCCOC(=O)C=CC(=O)[O-].CCCCOC(=O)C=CC(=O)[O-].CCCCOC(=O)C=CC(=O)[O-].CCCCOC(=O)C=CC(=O)[O-].[Sn+4]. The van der Waals surface area contributed by atoms with Crippen LogP contribution in [0.2, 0.25) is 0 Å². The van der Waals surface area contributed by atoms with Gasteiger partial charge in [0, 0.05) is 24.3 Å². The van der Waals surface area contributed by atoms with Crippen LogP contribution >= 0.6 is 0 Å². The summed E-state index contributed by atoms with van der Waals surface area (Å²) in [7, 11) is 0. The van der Waals surface area contributed by atoms with Crippen LogP contribution in [0, 0.1) is 0 Å².